The second-order valence-corrected chi connectivity index (χ2v) is 11.0. The first-order valence-electron chi connectivity index (χ1n) is 14.6. The molecule has 1 N–H and O–H groups in total. The smallest absolute Gasteiger partial charge is 0.433 e. The molecule has 14 heteroatoms. The van der Waals surface area contributed by atoms with Crippen LogP contribution >= 0.6 is 0 Å². The Kier molecular flexibility index (Phi) is 8.46. The summed E-state index contributed by atoms with van der Waals surface area (Å²) >= 11 is 0. The average molecular weight is 621 g/mol. The minimum atomic E-state index is -4.61. The Balaban J connectivity index is 1.18. The number of carbonyl (C=O) groups excluding carboxylic acids is 1. The number of likely N-dealkylation sites (tertiary alicyclic amines) is 1. The van der Waals surface area contributed by atoms with Gasteiger partial charge >= 0.3 is 6.18 Å². The van der Waals surface area contributed by atoms with Crippen LogP contribution in [0, 0.1) is 0 Å². The van der Waals surface area contributed by atoms with Gasteiger partial charge in [0, 0.05) is 50.9 Å². The number of piperidine rings is 1. The summed E-state index contributed by atoms with van der Waals surface area (Å²) in [4.78, 5) is 39.2. The maximum absolute atomic E-state index is 13.6. The zero-order valence-electron chi connectivity index (χ0n) is 24.7. The summed E-state index contributed by atoms with van der Waals surface area (Å²) in [5.41, 5.74) is 1.91. The van der Waals surface area contributed by atoms with E-state index in [4.69, 9.17) is 9.47 Å². The first-order chi connectivity index (χ1) is 21.7. The lowest BCUT2D eigenvalue weighted by atomic mass is 10.1. The summed E-state index contributed by atoms with van der Waals surface area (Å²) in [6.07, 6.45) is 1.25. The highest BCUT2D eigenvalue weighted by Gasteiger charge is 2.34. The number of amides is 1. The average Bonchev–Trinajstić information content (AvgIpc) is 3.90. The fourth-order valence-corrected chi connectivity index (χ4v) is 5.25. The molecule has 4 heterocycles. The molecule has 0 atom stereocenters. The molecule has 1 aliphatic heterocycles. The molecule has 0 radical (unpaired) electrons. The van der Waals surface area contributed by atoms with Gasteiger partial charge in [0.05, 0.1) is 12.8 Å². The number of aromatic nitrogens is 6. The molecule has 45 heavy (non-hydrogen) atoms. The zero-order chi connectivity index (χ0) is 31.6. The number of alkyl halides is 3. The van der Waals surface area contributed by atoms with E-state index < -0.39 is 11.9 Å². The second kappa shape index (κ2) is 12.6. The molecule has 6 rings (SSSR count). The number of methoxy groups -OCH3 is 1. The van der Waals surface area contributed by atoms with Crippen LogP contribution in [0.4, 0.5) is 19.1 Å². The standard InChI is InChI=1S/C31H31F3N8O3/c1-18(43)42-13-11-22(12-14-42)45-23-9-10-24(31(32,33)34)40-26(23)20-5-3-19(4-6-20)15-35-30-39-17-37-28(41-30)25-27(21-7-8-21)36-16-38-29(25)44-2/h3-6,9-10,16-17,21-22H,7-8,11-15H2,1-2H3,(H,35,37,39,41). The van der Waals surface area contributed by atoms with Crippen LogP contribution in [0.3, 0.4) is 0 Å². The first-order valence-corrected chi connectivity index (χ1v) is 14.6. The fraction of sp³-hybridized carbons (Fsp3) is 0.387. The summed E-state index contributed by atoms with van der Waals surface area (Å²) < 4.78 is 52.4. The molecule has 234 valence electrons. The minimum absolute atomic E-state index is 0.00964. The van der Waals surface area contributed by atoms with Crippen LogP contribution in [-0.2, 0) is 17.5 Å². The Labute approximate surface area is 257 Å². The van der Waals surface area contributed by atoms with E-state index in [0.717, 1.165) is 30.2 Å². The van der Waals surface area contributed by atoms with Gasteiger partial charge in [0.1, 0.15) is 41.5 Å². The van der Waals surface area contributed by atoms with Crippen LogP contribution in [0.25, 0.3) is 22.6 Å². The number of benzene rings is 1. The van der Waals surface area contributed by atoms with Crippen molar-refractivity contribution in [3.05, 3.63) is 66.0 Å². The molecule has 1 saturated carbocycles. The zero-order valence-corrected chi connectivity index (χ0v) is 24.7. The quantitative estimate of drug-likeness (QED) is 0.263. The minimum Gasteiger partial charge on any atom is -0.488 e. The summed E-state index contributed by atoms with van der Waals surface area (Å²) in [6.45, 7) is 2.92. The van der Waals surface area contributed by atoms with Crippen LogP contribution in [0.5, 0.6) is 11.6 Å². The Morgan fingerprint density at radius 2 is 1.69 bits per heavy atom. The van der Waals surface area contributed by atoms with Crippen LogP contribution in [0.15, 0.2) is 49.1 Å². The number of halogens is 3. The highest BCUT2D eigenvalue weighted by Crippen LogP contribution is 2.44. The predicted molar refractivity (Wildman–Crippen MR) is 157 cm³/mol. The van der Waals surface area contributed by atoms with E-state index in [1.54, 1.807) is 29.2 Å². The molecule has 1 aromatic carbocycles. The molecular weight excluding hydrogens is 589 g/mol. The number of nitrogens with zero attached hydrogens (tertiary/aromatic N) is 7. The molecule has 2 aliphatic rings. The second-order valence-electron chi connectivity index (χ2n) is 11.0. The van der Waals surface area contributed by atoms with Crippen LogP contribution < -0.4 is 14.8 Å². The van der Waals surface area contributed by atoms with E-state index in [1.807, 2.05) is 0 Å². The predicted octanol–water partition coefficient (Wildman–Crippen LogP) is 5.30. The van der Waals surface area contributed by atoms with Gasteiger partial charge in [0.15, 0.2) is 5.82 Å². The SMILES string of the molecule is COc1ncnc(C2CC2)c1-c1ncnc(NCc2ccc(-c3nc(C(F)(F)F)ccc3OC3CCN(C(C)=O)CC3)cc2)n1. The lowest BCUT2D eigenvalue weighted by Crippen LogP contribution is -2.40. The highest BCUT2D eigenvalue weighted by molar-refractivity contribution is 5.73. The molecule has 0 spiro atoms. The van der Waals surface area contributed by atoms with Gasteiger partial charge in [-0.15, -0.1) is 0 Å². The third-order valence-corrected chi connectivity index (χ3v) is 7.80. The van der Waals surface area contributed by atoms with Crippen molar-refractivity contribution in [2.24, 2.45) is 0 Å². The van der Waals surface area contributed by atoms with Gasteiger partial charge in [-0.05, 0) is 30.5 Å². The van der Waals surface area contributed by atoms with E-state index in [-0.39, 0.29) is 23.5 Å². The molecule has 1 saturated heterocycles. The normalized spacial score (nSPS) is 15.5. The molecular formula is C31H31F3N8O3. The summed E-state index contributed by atoms with van der Waals surface area (Å²) in [6, 6.07) is 9.24. The summed E-state index contributed by atoms with van der Waals surface area (Å²) in [7, 11) is 1.54. The largest absolute Gasteiger partial charge is 0.488 e. The molecule has 0 bridgehead atoms. The molecule has 1 amide bonds. The maximum Gasteiger partial charge on any atom is 0.433 e. The van der Waals surface area contributed by atoms with Gasteiger partial charge < -0.3 is 19.7 Å². The van der Waals surface area contributed by atoms with Crippen molar-refractivity contribution in [2.75, 3.05) is 25.5 Å². The van der Waals surface area contributed by atoms with Crippen LogP contribution in [0.1, 0.15) is 55.5 Å². The fourth-order valence-electron chi connectivity index (χ4n) is 5.25. The van der Waals surface area contributed by atoms with Gasteiger partial charge in [0.25, 0.3) is 0 Å². The van der Waals surface area contributed by atoms with Crippen molar-refractivity contribution in [3.63, 3.8) is 0 Å². The van der Waals surface area contributed by atoms with Gasteiger partial charge in [-0.25, -0.2) is 24.9 Å². The van der Waals surface area contributed by atoms with E-state index >= 15 is 0 Å². The van der Waals surface area contributed by atoms with Crippen LogP contribution in [-0.4, -0.2) is 67.0 Å². The number of ether oxygens (including phenoxy) is 2. The Bertz CT molecular complexity index is 1670. The van der Waals surface area contributed by atoms with Gasteiger partial charge in [-0.2, -0.15) is 18.2 Å². The van der Waals surface area contributed by atoms with E-state index in [0.29, 0.717) is 67.2 Å². The van der Waals surface area contributed by atoms with Crippen molar-refractivity contribution in [3.8, 4) is 34.3 Å². The lowest BCUT2D eigenvalue weighted by molar-refractivity contribution is -0.141. The monoisotopic (exact) mass is 620 g/mol. The van der Waals surface area contributed by atoms with Gasteiger partial charge in [-0.3, -0.25) is 4.79 Å². The lowest BCUT2D eigenvalue weighted by Gasteiger charge is -2.31. The summed E-state index contributed by atoms with van der Waals surface area (Å²) in [5.74, 6) is 1.71. The molecule has 1 aliphatic carbocycles. The van der Waals surface area contributed by atoms with Crippen molar-refractivity contribution >= 4 is 11.9 Å². The molecule has 11 nitrogen and oxygen atoms in total. The molecule has 0 unspecified atom stereocenters. The van der Waals surface area contributed by atoms with E-state index in [9.17, 15) is 18.0 Å². The Hall–Kier alpha value is -4.88. The van der Waals surface area contributed by atoms with Gasteiger partial charge in [-0.1, -0.05) is 24.3 Å². The van der Waals surface area contributed by atoms with Crippen LogP contribution in [0.2, 0.25) is 0 Å². The van der Waals surface area contributed by atoms with Crippen molar-refractivity contribution in [1.82, 2.24) is 34.8 Å². The highest BCUT2D eigenvalue weighted by atomic mass is 19.4. The molecule has 4 aromatic rings. The number of hydrogen-bond acceptors (Lipinski definition) is 10. The first kappa shape index (κ1) is 30.2. The number of nitrogens with one attached hydrogen (secondary N) is 1. The number of pyridine rings is 1. The number of anilines is 1. The summed E-state index contributed by atoms with van der Waals surface area (Å²) in [5, 5.41) is 3.18. The topological polar surface area (TPSA) is 128 Å². The third kappa shape index (κ3) is 6.94. The van der Waals surface area contributed by atoms with Crippen molar-refractivity contribution in [1.29, 1.82) is 0 Å². The Morgan fingerprint density at radius 1 is 0.956 bits per heavy atom. The van der Waals surface area contributed by atoms with Crippen molar-refractivity contribution in [2.45, 2.75) is 57.3 Å². The molecule has 3 aromatic heterocycles. The van der Waals surface area contributed by atoms with E-state index in [1.165, 1.54) is 32.8 Å². The van der Waals surface area contributed by atoms with Gasteiger partial charge in [0.2, 0.25) is 17.7 Å². The number of rotatable bonds is 9. The molecule has 2 fully saturated rings. The third-order valence-electron chi connectivity index (χ3n) is 7.80. The van der Waals surface area contributed by atoms with Crippen molar-refractivity contribution < 1.29 is 27.4 Å². The maximum atomic E-state index is 13.6. The van der Waals surface area contributed by atoms with E-state index in [2.05, 4.69) is 35.2 Å². The number of carbonyl (C=O) groups is 1. The number of hydrogen-bond donors (Lipinski definition) is 1. The Morgan fingerprint density at radius 3 is 2.36 bits per heavy atom.